The number of fused-ring (bicyclic) bond motifs is 4. The summed E-state index contributed by atoms with van der Waals surface area (Å²) in [6, 6.07) is 11.5. The summed E-state index contributed by atoms with van der Waals surface area (Å²) in [6.07, 6.45) is 6.66. The van der Waals surface area contributed by atoms with Crippen molar-refractivity contribution in [2.75, 3.05) is 0 Å². The molecule has 4 heterocycles. The molecule has 0 radical (unpaired) electrons. The van der Waals surface area contributed by atoms with Crippen molar-refractivity contribution in [3.8, 4) is 0 Å². The summed E-state index contributed by atoms with van der Waals surface area (Å²) in [6.45, 7) is 3.86. The zero-order valence-electron chi connectivity index (χ0n) is 18.5. The lowest BCUT2D eigenvalue weighted by atomic mass is 9.91. The Labute approximate surface area is 191 Å². The molecule has 6 nitrogen and oxygen atoms in total. The Balaban J connectivity index is 1.15. The van der Waals surface area contributed by atoms with Crippen LogP contribution in [0.15, 0.2) is 57.4 Å². The van der Waals surface area contributed by atoms with Crippen molar-refractivity contribution in [3.05, 3.63) is 59.7 Å². The van der Waals surface area contributed by atoms with Crippen LogP contribution in [0.3, 0.4) is 0 Å². The van der Waals surface area contributed by atoms with E-state index in [1.54, 1.807) is 0 Å². The van der Waals surface area contributed by atoms with Crippen LogP contribution in [0.4, 0.5) is 0 Å². The molecule has 0 saturated heterocycles. The topological polar surface area (TPSA) is 78.9 Å². The summed E-state index contributed by atoms with van der Waals surface area (Å²) in [4.78, 5) is 25.9. The molecule has 0 N–H and O–H groups in total. The molecular weight excluding hydrogens is 420 g/mol. The minimum absolute atomic E-state index is 0.109. The third kappa shape index (κ3) is 3.31. The van der Waals surface area contributed by atoms with Crippen LogP contribution in [0.25, 0.3) is 22.3 Å². The highest BCUT2D eigenvalue weighted by Crippen LogP contribution is 2.47. The summed E-state index contributed by atoms with van der Waals surface area (Å²) in [7, 11) is 0. The molecule has 0 unspecified atom stereocenters. The molecule has 6 rings (SSSR count). The van der Waals surface area contributed by atoms with Gasteiger partial charge in [0, 0.05) is 16.7 Å². The van der Waals surface area contributed by atoms with Crippen LogP contribution in [0.1, 0.15) is 68.9 Å². The van der Waals surface area contributed by atoms with Crippen molar-refractivity contribution in [2.24, 2.45) is 0 Å². The molecule has 2 aliphatic carbocycles. The Morgan fingerprint density at radius 1 is 0.788 bits per heavy atom. The van der Waals surface area contributed by atoms with Gasteiger partial charge in [0.1, 0.15) is 33.5 Å². The number of carbonyl (C=O) groups excluding carboxylic acids is 2. The third-order valence-electron chi connectivity index (χ3n) is 7.41. The number of carbonyl (C=O) groups is 2. The number of ether oxygens (including phenoxy) is 2. The Kier molecular flexibility index (Phi) is 4.54. The molecule has 0 amide bonds. The highest BCUT2D eigenvalue weighted by atomic mass is 16.6. The highest BCUT2D eigenvalue weighted by molar-refractivity contribution is 5.94. The zero-order chi connectivity index (χ0) is 22.6. The molecule has 33 heavy (non-hydrogen) atoms. The van der Waals surface area contributed by atoms with E-state index in [2.05, 4.69) is 6.58 Å². The molecule has 4 aromatic heterocycles. The second-order valence-electron chi connectivity index (χ2n) is 9.57. The fraction of sp³-hybridized carbons (Fsp3) is 0.407. The van der Waals surface area contributed by atoms with Crippen molar-refractivity contribution in [3.63, 3.8) is 0 Å². The van der Waals surface area contributed by atoms with E-state index >= 15 is 0 Å². The molecule has 6 heteroatoms. The van der Waals surface area contributed by atoms with Crippen LogP contribution in [0.2, 0.25) is 0 Å². The lowest BCUT2D eigenvalue weighted by Crippen LogP contribution is -2.32. The Bertz CT molecular complexity index is 1310. The molecule has 0 spiro atoms. The van der Waals surface area contributed by atoms with Gasteiger partial charge in [-0.2, -0.15) is 0 Å². The van der Waals surface area contributed by atoms with Crippen LogP contribution in [0.5, 0.6) is 0 Å². The normalized spacial score (nSPS) is 19.5. The summed E-state index contributed by atoms with van der Waals surface area (Å²) in [5.41, 5.74) is 3.60. The number of rotatable bonds is 7. The largest absolute Gasteiger partial charge is 0.457 e. The third-order valence-corrected chi connectivity index (χ3v) is 7.41. The lowest BCUT2D eigenvalue weighted by molar-refractivity contribution is -0.163. The van der Waals surface area contributed by atoms with Crippen molar-refractivity contribution in [1.29, 1.82) is 0 Å². The van der Waals surface area contributed by atoms with Crippen molar-refractivity contribution < 1.29 is 27.9 Å². The number of furan rings is 4. The maximum atomic E-state index is 13.0. The van der Waals surface area contributed by atoms with Crippen molar-refractivity contribution in [2.45, 2.75) is 69.0 Å². The van der Waals surface area contributed by atoms with Crippen LogP contribution >= 0.6 is 0 Å². The van der Waals surface area contributed by atoms with E-state index in [0.717, 1.165) is 84.8 Å². The SMILES string of the molecule is C=C(CC(=O)OC1(c2cc3ccc2o3)CCCC1)C(=O)OC1(c2cc3ccc2o3)CCCC1. The number of benzene rings is 2. The number of hydrogen-bond donors (Lipinski definition) is 0. The van der Waals surface area contributed by atoms with E-state index in [-0.39, 0.29) is 12.0 Å². The molecule has 2 aliphatic rings. The first-order valence-corrected chi connectivity index (χ1v) is 11.7. The molecule has 2 saturated carbocycles. The van der Waals surface area contributed by atoms with Crippen molar-refractivity contribution >= 4 is 34.3 Å². The van der Waals surface area contributed by atoms with E-state index in [1.165, 1.54) is 0 Å². The predicted octanol–water partition coefficient (Wildman–Crippen LogP) is 6.33. The summed E-state index contributed by atoms with van der Waals surface area (Å²) in [5.74, 6) is -1.02. The average molecular weight is 446 g/mol. The molecule has 2 fully saturated rings. The second kappa shape index (κ2) is 7.37. The average Bonchev–Trinajstić information content (AvgIpc) is 3.63. The van der Waals surface area contributed by atoms with Gasteiger partial charge in [0.15, 0.2) is 0 Å². The molecule has 0 aromatic carbocycles. The quantitative estimate of drug-likeness (QED) is 0.244. The Morgan fingerprint density at radius 3 is 1.70 bits per heavy atom. The highest BCUT2D eigenvalue weighted by Gasteiger charge is 2.44. The molecule has 170 valence electrons. The predicted molar refractivity (Wildman–Crippen MR) is 121 cm³/mol. The Hall–Kier alpha value is -3.28. The maximum absolute atomic E-state index is 13.0. The monoisotopic (exact) mass is 446 g/mol. The minimum Gasteiger partial charge on any atom is -0.457 e. The summed E-state index contributed by atoms with van der Waals surface area (Å²) < 4.78 is 23.4. The number of esters is 2. The second-order valence-corrected chi connectivity index (χ2v) is 9.57. The van der Waals surface area contributed by atoms with Gasteiger partial charge in [-0.15, -0.1) is 0 Å². The maximum Gasteiger partial charge on any atom is 0.334 e. The molecular formula is C27H26O6. The van der Waals surface area contributed by atoms with E-state index in [4.69, 9.17) is 18.3 Å². The molecule has 4 aromatic rings. The Morgan fingerprint density at radius 2 is 1.27 bits per heavy atom. The molecule has 4 bridgehead atoms. The standard InChI is InChI=1S/C27H26O6/c1-17(25(29)33-27(12-4-5-13-27)21-16-19-7-9-23(21)31-19)14-24(28)32-26(10-2-3-11-26)20-15-18-6-8-22(20)30-18/h6-9,15-16H,1-5,10-14H2. The van der Waals surface area contributed by atoms with Gasteiger partial charge in [0.25, 0.3) is 0 Å². The van der Waals surface area contributed by atoms with Crippen LogP contribution in [-0.2, 0) is 30.3 Å². The van der Waals surface area contributed by atoms with Gasteiger partial charge in [-0.3, -0.25) is 4.79 Å². The van der Waals surface area contributed by atoms with E-state index in [0.29, 0.717) is 0 Å². The van der Waals surface area contributed by atoms with Gasteiger partial charge in [-0.05, 0) is 87.8 Å². The van der Waals surface area contributed by atoms with Crippen LogP contribution in [-0.4, -0.2) is 11.9 Å². The van der Waals surface area contributed by atoms with Crippen molar-refractivity contribution in [1.82, 2.24) is 0 Å². The van der Waals surface area contributed by atoms with E-state index < -0.39 is 23.1 Å². The van der Waals surface area contributed by atoms with Gasteiger partial charge in [-0.25, -0.2) is 4.79 Å². The molecule has 0 atom stereocenters. The first-order valence-electron chi connectivity index (χ1n) is 11.7. The summed E-state index contributed by atoms with van der Waals surface area (Å²) >= 11 is 0. The zero-order valence-corrected chi connectivity index (χ0v) is 18.5. The smallest absolute Gasteiger partial charge is 0.334 e. The van der Waals surface area contributed by atoms with Gasteiger partial charge < -0.3 is 18.3 Å². The van der Waals surface area contributed by atoms with Gasteiger partial charge >= 0.3 is 11.9 Å². The van der Waals surface area contributed by atoms with E-state index in [1.807, 2.05) is 36.4 Å². The minimum atomic E-state index is -0.718. The van der Waals surface area contributed by atoms with Gasteiger partial charge in [-0.1, -0.05) is 6.58 Å². The summed E-state index contributed by atoms with van der Waals surface area (Å²) in [5, 5.41) is 0. The van der Waals surface area contributed by atoms with E-state index in [9.17, 15) is 9.59 Å². The van der Waals surface area contributed by atoms with Gasteiger partial charge in [0.2, 0.25) is 0 Å². The first-order chi connectivity index (χ1) is 16.0. The lowest BCUT2D eigenvalue weighted by Gasteiger charge is -2.30. The fourth-order valence-electron chi connectivity index (χ4n) is 5.78. The van der Waals surface area contributed by atoms with Gasteiger partial charge in [0.05, 0.1) is 6.42 Å². The van der Waals surface area contributed by atoms with Crippen LogP contribution < -0.4 is 0 Å². The number of hydrogen-bond acceptors (Lipinski definition) is 6. The fourth-order valence-corrected chi connectivity index (χ4v) is 5.78. The first kappa shape index (κ1) is 20.3. The van der Waals surface area contributed by atoms with Crippen LogP contribution in [0, 0.1) is 0 Å². The molecule has 0 aliphatic heterocycles.